The van der Waals surface area contributed by atoms with Gasteiger partial charge in [-0.15, -0.1) is 0 Å². The normalized spacial score (nSPS) is 20.9. The first-order chi connectivity index (χ1) is 14.2. The number of rotatable bonds is 7. The van der Waals surface area contributed by atoms with E-state index in [2.05, 4.69) is 16.9 Å². The fraction of sp³-hybridized carbons (Fsp3) is 0.400. The molecular weight excluding hydrogens is 403 g/mol. The van der Waals surface area contributed by atoms with Crippen LogP contribution in [0.1, 0.15) is 36.5 Å². The summed E-state index contributed by atoms with van der Waals surface area (Å²) in [7, 11) is 1.27. The van der Waals surface area contributed by atoms with Crippen LogP contribution in [0.3, 0.4) is 0 Å². The number of hydrogen-bond acceptors (Lipinski definition) is 5. The third kappa shape index (κ3) is 5.99. The smallest absolute Gasteiger partial charge is 0.416 e. The zero-order chi connectivity index (χ0) is 22.3. The van der Waals surface area contributed by atoms with Crippen LogP contribution in [0.25, 0.3) is 0 Å². The zero-order valence-electron chi connectivity index (χ0n) is 16.4. The van der Waals surface area contributed by atoms with Crippen molar-refractivity contribution < 1.29 is 32.5 Å². The lowest BCUT2D eigenvalue weighted by molar-refractivity contribution is -0.137. The highest BCUT2D eigenvalue weighted by Crippen LogP contribution is 2.34. The molecule has 1 aliphatic rings. The van der Waals surface area contributed by atoms with E-state index in [1.165, 1.54) is 25.4 Å². The Bertz CT molecular complexity index is 820. The standard InChI is InChI=1S/C20H24F3N3O4/c1-3-25-18(17(29-2)16(24)19(27)28)26-11-14-5-4-6-15(30-14)12-7-9-13(10-8-12)20(21,22)23/h3,7-10,14-15H,1,4-6,11,24H2,2H3,(H,25,26)(H,27,28)/b17-16+/t14-,15+/m1/s1. The summed E-state index contributed by atoms with van der Waals surface area (Å²) in [6.45, 7) is 3.75. The van der Waals surface area contributed by atoms with Crippen molar-refractivity contribution in [1.29, 1.82) is 0 Å². The molecule has 0 aromatic heterocycles. The molecule has 0 radical (unpaired) electrons. The molecule has 0 saturated carbocycles. The Morgan fingerprint density at radius 2 is 2.07 bits per heavy atom. The quantitative estimate of drug-likeness (QED) is 0.267. The van der Waals surface area contributed by atoms with E-state index in [1.807, 2.05) is 0 Å². The summed E-state index contributed by atoms with van der Waals surface area (Å²) >= 11 is 0. The number of ether oxygens (including phenoxy) is 2. The molecule has 4 N–H and O–H groups in total. The summed E-state index contributed by atoms with van der Waals surface area (Å²) in [5.74, 6) is -1.41. The number of methoxy groups -OCH3 is 1. The van der Waals surface area contributed by atoms with E-state index in [9.17, 15) is 18.0 Å². The van der Waals surface area contributed by atoms with Crippen LogP contribution in [0, 0.1) is 0 Å². The largest absolute Gasteiger partial charge is 0.491 e. The average Bonchev–Trinajstić information content (AvgIpc) is 2.72. The number of carboxylic acid groups (broad SMARTS) is 1. The van der Waals surface area contributed by atoms with Crippen molar-refractivity contribution in [3.05, 3.63) is 59.6 Å². The molecule has 1 saturated heterocycles. The molecule has 1 fully saturated rings. The van der Waals surface area contributed by atoms with Gasteiger partial charge < -0.3 is 25.6 Å². The van der Waals surface area contributed by atoms with Gasteiger partial charge in [0.1, 0.15) is 0 Å². The van der Waals surface area contributed by atoms with Gasteiger partial charge in [0.2, 0.25) is 0 Å². The Hall–Kier alpha value is -3.01. The van der Waals surface area contributed by atoms with Gasteiger partial charge in [0.15, 0.2) is 17.3 Å². The summed E-state index contributed by atoms with van der Waals surface area (Å²) in [4.78, 5) is 15.1. The van der Waals surface area contributed by atoms with Crippen molar-refractivity contribution in [3.63, 3.8) is 0 Å². The maximum atomic E-state index is 12.7. The zero-order valence-corrected chi connectivity index (χ0v) is 16.4. The van der Waals surface area contributed by atoms with Crippen LogP contribution >= 0.6 is 0 Å². The van der Waals surface area contributed by atoms with Crippen LogP contribution in [-0.4, -0.2) is 36.7 Å². The first-order valence-electron chi connectivity index (χ1n) is 9.20. The van der Waals surface area contributed by atoms with Gasteiger partial charge in [-0.1, -0.05) is 18.7 Å². The Kier molecular flexibility index (Phi) is 7.87. The molecule has 1 aromatic rings. The van der Waals surface area contributed by atoms with Crippen LogP contribution < -0.4 is 11.1 Å². The number of hydrogen-bond donors (Lipinski definition) is 3. The van der Waals surface area contributed by atoms with Gasteiger partial charge in [-0.2, -0.15) is 13.2 Å². The average molecular weight is 427 g/mol. The lowest BCUT2D eigenvalue weighted by atomic mass is 9.97. The summed E-state index contributed by atoms with van der Waals surface area (Å²) in [5, 5.41) is 12.0. The van der Waals surface area contributed by atoms with Gasteiger partial charge in [0, 0.05) is 12.7 Å². The Morgan fingerprint density at radius 3 is 2.60 bits per heavy atom. The highest BCUT2D eigenvalue weighted by atomic mass is 19.4. The number of amidine groups is 1. The van der Waals surface area contributed by atoms with Gasteiger partial charge in [-0.3, -0.25) is 0 Å². The lowest BCUT2D eigenvalue weighted by Gasteiger charge is -2.31. The molecule has 164 valence electrons. The molecule has 0 unspecified atom stereocenters. The van der Waals surface area contributed by atoms with Gasteiger partial charge in [-0.25, -0.2) is 9.79 Å². The maximum absolute atomic E-state index is 12.7. The molecule has 1 aliphatic heterocycles. The molecule has 0 bridgehead atoms. The monoisotopic (exact) mass is 427 g/mol. The highest BCUT2D eigenvalue weighted by Gasteiger charge is 2.31. The summed E-state index contributed by atoms with van der Waals surface area (Å²) in [6, 6.07) is 4.93. The van der Waals surface area contributed by atoms with Gasteiger partial charge in [0.25, 0.3) is 0 Å². The highest BCUT2D eigenvalue weighted by molar-refractivity contribution is 6.03. The van der Waals surface area contributed by atoms with Crippen LogP contribution in [-0.2, 0) is 20.4 Å². The molecule has 0 aliphatic carbocycles. The number of halogens is 3. The maximum Gasteiger partial charge on any atom is 0.416 e. The van der Waals surface area contributed by atoms with Crippen molar-refractivity contribution >= 4 is 11.8 Å². The molecular formula is C20H24F3N3O4. The second kappa shape index (κ2) is 10.1. The number of carboxylic acids is 1. The molecule has 30 heavy (non-hydrogen) atoms. The Balaban J connectivity index is 2.06. The predicted molar refractivity (Wildman–Crippen MR) is 104 cm³/mol. The Labute approximate surface area is 172 Å². The fourth-order valence-corrected chi connectivity index (χ4v) is 3.10. The minimum absolute atomic E-state index is 0.0904. The molecule has 10 heteroatoms. The second-order valence-corrected chi connectivity index (χ2v) is 6.59. The van der Waals surface area contributed by atoms with E-state index in [1.54, 1.807) is 0 Å². The SMILES string of the molecule is C=C/N=C(NC[C@H]1CCC[C@@H](c2ccc(C(F)(F)F)cc2)O1)\C(OC)=C(/N)C(=O)O. The molecule has 0 spiro atoms. The number of aliphatic carboxylic acids is 1. The van der Waals surface area contributed by atoms with Crippen molar-refractivity contribution in [3.8, 4) is 0 Å². The number of nitrogens with one attached hydrogen (secondary N) is 1. The van der Waals surface area contributed by atoms with Gasteiger partial charge in [-0.05, 0) is 37.0 Å². The number of aliphatic imine (C=N–C) groups is 1. The van der Waals surface area contributed by atoms with Gasteiger partial charge in [0.05, 0.1) is 24.9 Å². The van der Waals surface area contributed by atoms with Crippen LogP contribution in [0.4, 0.5) is 13.2 Å². The Morgan fingerprint density at radius 1 is 1.40 bits per heavy atom. The molecule has 7 nitrogen and oxygen atoms in total. The predicted octanol–water partition coefficient (Wildman–Crippen LogP) is 3.35. The minimum atomic E-state index is -4.39. The number of nitrogens with zero attached hydrogens (tertiary/aromatic N) is 1. The fourth-order valence-electron chi connectivity index (χ4n) is 3.10. The van der Waals surface area contributed by atoms with E-state index in [0.717, 1.165) is 18.6 Å². The summed E-state index contributed by atoms with van der Waals surface area (Å²) in [6.07, 6.45) is -1.57. The number of benzene rings is 1. The van der Waals surface area contributed by atoms with E-state index in [0.29, 0.717) is 18.4 Å². The number of carbonyl (C=O) groups is 1. The third-order valence-electron chi connectivity index (χ3n) is 4.57. The third-order valence-corrected chi connectivity index (χ3v) is 4.57. The van der Waals surface area contributed by atoms with E-state index >= 15 is 0 Å². The molecule has 2 rings (SSSR count). The van der Waals surface area contributed by atoms with E-state index in [-0.39, 0.29) is 30.3 Å². The van der Waals surface area contributed by atoms with E-state index in [4.69, 9.17) is 20.3 Å². The lowest BCUT2D eigenvalue weighted by Crippen LogP contribution is -2.38. The molecule has 2 atom stereocenters. The minimum Gasteiger partial charge on any atom is -0.491 e. The topological polar surface area (TPSA) is 106 Å². The van der Waals surface area contributed by atoms with Gasteiger partial charge >= 0.3 is 12.1 Å². The van der Waals surface area contributed by atoms with Crippen molar-refractivity contribution in [1.82, 2.24) is 5.32 Å². The van der Waals surface area contributed by atoms with Crippen molar-refractivity contribution in [2.75, 3.05) is 13.7 Å². The molecule has 0 amide bonds. The molecule has 1 aromatic carbocycles. The second-order valence-electron chi connectivity index (χ2n) is 6.59. The van der Waals surface area contributed by atoms with Crippen molar-refractivity contribution in [2.24, 2.45) is 10.7 Å². The first-order valence-corrected chi connectivity index (χ1v) is 9.20. The van der Waals surface area contributed by atoms with Crippen LogP contribution in [0.5, 0.6) is 0 Å². The van der Waals surface area contributed by atoms with Crippen LogP contribution in [0.2, 0.25) is 0 Å². The molecule has 1 heterocycles. The van der Waals surface area contributed by atoms with Crippen LogP contribution in [0.15, 0.2) is 53.5 Å². The number of alkyl halides is 3. The van der Waals surface area contributed by atoms with E-state index < -0.39 is 23.4 Å². The van der Waals surface area contributed by atoms with Crippen molar-refractivity contribution in [2.45, 2.75) is 37.6 Å². The number of nitrogens with two attached hydrogens (primary N) is 1. The first kappa shape index (κ1) is 23.3. The summed E-state index contributed by atoms with van der Waals surface area (Å²) in [5.41, 5.74) is 4.98. The summed E-state index contributed by atoms with van der Waals surface area (Å²) < 4.78 is 49.3.